The van der Waals surface area contributed by atoms with Gasteiger partial charge in [0.25, 0.3) is 0 Å². The van der Waals surface area contributed by atoms with Gasteiger partial charge in [-0.25, -0.2) is 0 Å². The molecule has 1 aromatic carbocycles. The average molecular weight is 286 g/mol. The van der Waals surface area contributed by atoms with E-state index in [4.69, 9.17) is 10.5 Å². The summed E-state index contributed by atoms with van der Waals surface area (Å²) in [6.07, 6.45) is 4.77. The molecule has 0 aromatic heterocycles. The van der Waals surface area contributed by atoms with Crippen molar-refractivity contribution in [3.05, 3.63) is 29.8 Å². The maximum atomic E-state index is 6.17. The van der Waals surface area contributed by atoms with Crippen molar-refractivity contribution in [1.29, 1.82) is 0 Å². The van der Waals surface area contributed by atoms with Gasteiger partial charge in [-0.3, -0.25) is 0 Å². The monoisotopic (exact) mass is 285 g/mol. The van der Waals surface area contributed by atoms with E-state index in [1.165, 1.54) is 24.8 Å². The molecule has 2 N–H and O–H groups in total. The summed E-state index contributed by atoms with van der Waals surface area (Å²) in [6.45, 7) is 8.37. The lowest BCUT2D eigenvalue weighted by Crippen LogP contribution is -2.22. The standard InChI is InChI=1S/C16H27NO.ClH/c1-5-6-7-8-15(17)13-9-11-14(12-10-13)18-16(2,3)4;/h9-12,15H,5-8,17H2,1-4H3;1H/t15-;/m0./s1. The fourth-order valence-corrected chi connectivity index (χ4v) is 1.92. The van der Waals surface area contributed by atoms with Crippen LogP contribution in [0.1, 0.15) is 65.0 Å². The summed E-state index contributed by atoms with van der Waals surface area (Å²) in [6, 6.07) is 8.34. The van der Waals surface area contributed by atoms with Crippen LogP contribution in [0.5, 0.6) is 5.75 Å². The molecule has 2 nitrogen and oxygen atoms in total. The maximum absolute atomic E-state index is 6.17. The molecule has 1 atom stereocenters. The second-order valence-electron chi connectivity index (χ2n) is 5.89. The lowest BCUT2D eigenvalue weighted by atomic mass is 10.0. The van der Waals surface area contributed by atoms with Crippen molar-refractivity contribution in [2.24, 2.45) is 5.73 Å². The number of hydrogen-bond donors (Lipinski definition) is 1. The molecule has 1 rings (SSSR count). The molecule has 0 aliphatic heterocycles. The van der Waals surface area contributed by atoms with E-state index in [1.807, 2.05) is 12.1 Å². The molecule has 110 valence electrons. The minimum absolute atomic E-state index is 0. The molecule has 0 amide bonds. The Kier molecular flexibility index (Phi) is 8.12. The highest BCUT2D eigenvalue weighted by molar-refractivity contribution is 5.85. The normalized spacial score (nSPS) is 12.7. The van der Waals surface area contributed by atoms with E-state index >= 15 is 0 Å². The predicted octanol–water partition coefficient (Wildman–Crippen LogP) is 4.87. The number of hydrogen-bond acceptors (Lipinski definition) is 2. The second-order valence-corrected chi connectivity index (χ2v) is 5.89. The highest BCUT2D eigenvalue weighted by Gasteiger charge is 2.12. The average Bonchev–Trinajstić information content (AvgIpc) is 2.28. The lowest BCUT2D eigenvalue weighted by Gasteiger charge is -2.21. The molecular formula is C16H28ClNO. The molecule has 0 aliphatic carbocycles. The van der Waals surface area contributed by atoms with Gasteiger partial charge >= 0.3 is 0 Å². The SMILES string of the molecule is CCCCC[C@H](N)c1ccc(OC(C)(C)C)cc1.Cl. The Labute approximate surface area is 124 Å². The minimum atomic E-state index is -0.148. The van der Waals surface area contributed by atoms with Gasteiger partial charge in [0.05, 0.1) is 0 Å². The highest BCUT2D eigenvalue weighted by atomic mass is 35.5. The summed E-state index contributed by atoms with van der Waals surface area (Å²) in [5, 5.41) is 0. The summed E-state index contributed by atoms with van der Waals surface area (Å²) >= 11 is 0. The first-order valence-electron chi connectivity index (χ1n) is 6.97. The summed E-state index contributed by atoms with van der Waals surface area (Å²) < 4.78 is 5.79. The van der Waals surface area contributed by atoms with Gasteiger partial charge in [-0.2, -0.15) is 0 Å². The van der Waals surface area contributed by atoms with Crippen molar-refractivity contribution < 1.29 is 4.74 Å². The molecule has 0 bridgehead atoms. The highest BCUT2D eigenvalue weighted by Crippen LogP contribution is 2.22. The van der Waals surface area contributed by atoms with Crippen LogP contribution in [-0.4, -0.2) is 5.60 Å². The van der Waals surface area contributed by atoms with Crippen LogP contribution in [0.4, 0.5) is 0 Å². The van der Waals surface area contributed by atoms with Gasteiger partial charge in [0.1, 0.15) is 11.4 Å². The molecule has 0 unspecified atom stereocenters. The van der Waals surface area contributed by atoms with Crippen LogP contribution in [-0.2, 0) is 0 Å². The maximum Gasteiger partial charge on any atom is 0.120 e. The zero-order valence-corrected chi connectivity index (χ0v) is 13.4. The first-order valence-corrected chi connectivity index (χ1v) is 6.97. The number of unbranched alkanes of at least 4 members (excludes halogenated alkanes) is 2. The first kappa shape index (κ1) is 18.3. The molecule has 1 aromatic rings. The first-order chi connectivity index (χ1) is 8.42. The Bertz CT molecular complexity index is 343. The smallest absolute Gasteiger partial charge is 0.120 e. The molecule has 0 fully saturated rings. The third-order valence-electron chi connectivity index (χ3n) is 2.85. The van der Waals surface area contributed by atoms with Crippen molar-refractivity contribution >= 4 is 12.4 Å². The molecule has 0 spiro atoms. The van der Waals surface area contributed by atoms with Crippen molar-refractivity contribution in [1.82, 2.24) is 0 Å². The number of ether oxygens (including phenoxy) is 1. The molecule has 0 heterocycles. The molecular weight excluding hydrogens is 258 g/mol. The summed E-state index contributed by atoms with van der Waals surface area (Å²) in [7, 11) is 0. The van der Waals surface area contributed by atoms with Gasteiger partial charge in [-0.1, -0.05) is 38.3 Å². The minimum Gasteiger partial charge on any atom is -0.488 e. The van der Waals surface area contributed by atoms with Crippen LogP contribution in [0.25, 0.3) is 0 Å². The lowest BCUT2D eigenvalue weighted by molar-refractivity contribution is 0.131. The second kappa shape index (κ2) is 8.44. The number of nitrogens with two attached hydrogens (primary N) is 1. The van der Waals surface area contributed by atoms with Gasteiger partial charge in [-0.05, 0) is 44.9 Å². The van der Waals surface area contributed by atoms with Crippen molar-refractivity contribution in [2.75, 3.05) is 0 Å². The Hall–Kier alpha value is -0.730. The van der Waals surface area contributed by atoms with Gasteiger partial charge in [0.2, 0.25) is 0 Å². The molecule has 3 heteroatoms. The van der Waals surface area contributed by atoms with E-state index in [1.54, 1.807) is 0 Å². The van der Waals surface area contributed by atoms with Crippen LogP contribution in [0.15, 0.2) is 24.3 Å². The fourth-order valence-electron chi connectivity index (χ4n) is 1.92. The molecule has 0 saturated carbocycles. The van der Waals surface area contributed by atoms with E-state index in [-0.39, 0.29) is 24.0 Å². The van der Waals surface area contributed by atoms with E-state index in [0.717, 1.165) is 12.2 Å². The Morgan fingerprint density at radius 3 is 2.16 bits per heavy atom. The summed E-state index contributed by atoms with van der Waals surface area (Å²) in [5.41, 5.74) is 7.23. The molecule has 19 heavy (non-hydrogen) atoms. The van der Waals surface area contributed by atoms with E-state index in [9.17, 15) is 0 Å². The molecule has 0 aliphatic rings. The van der Waals surface area contributed by atoms with Gasteiger partial charge in [0.15, 0.2) is 0 Å². The third kappa shape index (κ3) is 7.44. The van der Waals surface area contributed by atoms with Crippen molar-refractivity contribution in [3.8, 4) is 5.75 Å². The molecule has 0 radical (unpaired) electrons. The molecule has 0 saturated heterocycles. The number of halogens is 1. The number of benzene rings is 1. The van der Waals surface area contributed by atoms with Gasteiger partial charge < -0.3 is 10.5 Å². The van der Waals surface area contributed by atoms with Gasteiger partial charge in [0, 0.05) is 6.04 Å². The van der Waals surface area contributed by atoms with E-state index in [0.29, 0.717) is 0 Å². The van der Waals surface area contributed by atoms with Crippen LogP contribution >= 0.6 is 12.4 Å². The Morgan fingerprint density at radius 2 is 1.68 bits per heavy atom. The quantitative estimate of drug-likeness (QED) is 0.757. The zero-order valence-electron chi connectivity index (χ0n) is 12.6. The van der Waals surface area contributed by atoms with Crippen molar-refractivity contribution in [2.45, 2.75) is 65.0 Å². The Morgan fingerprint density at radius 1 is 1.11 bits per heavy atom. The number of rotatable bonds is 6. The fraction of sp³-hybridized carbons (Fsp3) is 0.625. The zero-order chi connectivity index (χ0) is 13.6. The summed E-state index contributed by atoms with van der Waals surface area (Å²) in [4.78, 5) is 0. The van der Waals surface area contributed by atoms with Crippen LogP contribution < -0.4 is 10.5 Å². The van der Waals surface area contributed by atoms with E-state index in [2.05, 4.69) is 39.8 Å². The van der Waals surface area contributed by atoms with Crippen LogP contribution in [0, 0.1) is 0 Å². The predicted molar refractivity (Wildman–Crippen MR) is 85.1 cm³/mol. The summed E-state index contributed by atoms with van der Waals surface area (Å²) in [5.74, 6) is 0.909. The topological polar surface area (TPSA) is 35.2 Å². The largest absolute Gasteiger partial charge is 0.488 e. The van der Waals surface area contributed by atoms with Crippen LogP contribution in [0.2, 0.25) is 0 Å². The van der Waals surface area contributed by atoms with Crippen LogP contribution in [0.3, 0.4) is 0 Å². The van der Waals surface area contributed by atoms with E-state index < -0.39 is 0 Å². The van der Waals surface area contributed by atoms with Gasteiger partial charge in [-0.15, -0.1) is 12.4 Å². The van der Waals surface area contributed by atoms with Crippen molar-refractivity contribution in [3.63, 3.8) is 0 Å². The third-order valence-corrected chi connectivity index (χ3v) is 2.85. The Balaban J connectivity index is 0.00000324.